The molecule has 1 saturated carbocycles. The van der Waals surface area contributed by atoms with Gasteiger partial charge in [0.15, 0.2) is 0 Å². The van der Waals surface area contributed by atoms with Crippen molar-refractivity contribution >= 4 is 0 Å². The third-order valence-electron chi connectivity index (χ3n) is 7.41. The Morgan fingerprint density at radius 1 is 1.14 bits per heavy atom. The molecule has 0 aromatic rings. The van der Waals surface area contributed by atoms with E-state index in [4.69, 9.17) is 0 Å². The van der Waals surface area contributed by atoms with Gasteiger partial charge in [0.1, 0.15) is 0 Å². The van der Waals surface area contributed by atoms with E-state index in [9.17, 15) is 0 Å². The zero-order valence-corrected chi connectivity index (χ0v) is 14.9. The zero-order chi connectivity index (χ0) is 15.3. The number of hydrogen-bond acceptors (Lipinski definition) is 0. The van der Waals surface area contributed by atoms with Crippen molar-refractivity contribution in [2.75, 3.05) is 0 Å². The number of hydrogen-bond donors (Lipinski definition) is 0. The highest BCUT2D eigenvalue weighted by Crippen LogP contribution is 2.62. The second-order valence-electron chi connectivity index (χ2n) is 8.75. The number of allylic oxidation sites excluding steroid dienone is 4. The average molecular weight is 287 g/mol. The maximum atomic E-state index is 2.62. The van der Waals surface area contributed by atoms with Crippen molar-refractivity contribution in [3.05, 3.63) is 22.8 Å². The molecule has 0 N–H and O–H groups in total. The maximum Gasteiger partial charge on any atom is -0.00769 e. The van der Waals surface area contributed by atoms with Gasteiger partial charge in [0.05, 0.1) is 0 Å². The molecule has 1 fully saturated rings. The van der Waals surface area contributed by atoms with Gasteiger partial charge in [-0.25, -0.2) is 0 Å². The summed E-state index contributed by atoms with van der Waals surface area (Å²) in [5, 5.41) is 0. The van der Waals surface area contributed by atoms with Gasteiger partial charge in [0.2, 0.25) is 0 Å². The predicted octanol–water partition coefficient (Wildman–Crippen LogP) is 6.68. The molecule has 0 bridgehead atoms. The Morgan fingerprint density at radius 3 is 2.57 bits per heavy atom. The summed E-state index contributed by atoms with van der Waals surface area (Å²) in [5.74, 6) is 1.66. The molecule has 0 unspecified atom stereocenters. The maximum absolute atomic E-state index is 2.62. The molecule has 0 nitrogen and oxygen atoms in total. The molecule has 3 rings (SSSR count). The predicted molar refractivity (Wildman–Crippen MR) is 92.3 cm³/mol. The summed E-state index contributed by atoms with van der Waals surface area (Å²) in [6.07, 6.45) is 13.8. The van der Waals surface area contributed by atoms with Crippen molar-refractivity contribution < 1.29 is 0 Å². The van der Waals surface area contributed by atoms with Crippen LogP contribution in [0.5, 0.6) is 0 Å². The fraction of sp³-hybridized carbons (Fsp3) is 0.810. The minimum Gasteiger partial charge on any atom is -0.0671 e. The number of rotatable bonds is 2. The lowest BCUT2D eigenvalue weighted by molar-refractivity contribution is -0.00517. The molecule has 3 aliphatic rings. The minimum atomic E-state index is 0.510. The largest absolute Gasteiger partial charge is 0.0671 e. The summed E-state index contributed by atoms with van der Waals surface area (Å²) < 4.78 is 0. The molecule has 21 heavy (non-hydrogen) atoms. The normalized spacial score (nSPS) is 39.9. The molecule has 0 saturated heterocycles. The van der Waals surface area contributed by atoms with E-state index >= 15 is 0 Å². The molecule has 3 atom stereocenters. The lowest BCUT2D eigenvalue weighted by Gasteiger charge is -2.57. The quantitative estimate of drug-likeness (QED) is 0.531. The molecule has 3 aliphatic carbocycles. The Morgan fingerprint density at radius 2 is 1.90 bits per heavy atom. The Labute approximate surface area is 132 Å². The summed E-state index contributed by atoms with van der Waals surface area (Å²) in [5.41, 5.74) is 6.40. The van der Waals surface area contributed by atoms with E-state index in [0.717, 1.165) is 11.8 Å². The van der Waals surface area contributed by atoms with Crippen molar-refractivity contribution in [2.45, 2.75) is 86.0 Å². The van der Waals surface area contributed by atoms with Crippen molar-refractivity contribution in [2.24, 2.45) is 22.7 Å². The summed E-state index contributed by atoms with van der Waals surface area (Å²) in [4.78, 5) is 0. The third kappa shape index (κ3) is 2.34. The molecule has 0 spiro atoms. The van der Waals surface area contributed by atoms with E-state index in [1.54, 1.807) is 11.1 Å². The highest BCUT2D eigenvalue weighted by atomic mass is 14.6. The summed E-state index contributed by atoms with van der Waals surface area (Å²) in [6.45, 7) is 12.3. The summed E-state index contributed by atoms with van der Waals surface area (Å²) in [6, 6.07) is 0. The lowest BCUT2D eigenvalue weighted by atomic mass is 9.48. The van der Waals surface area contributed by atoms with Crippen molar-refractivity contribution in [1.82, 2.24) is 0 Å². The van der Waals surface area contributed by atoms with E-state index < -0.39 is 0 Å². The molecule has 118 valence electrons. The van der Waals surface area contributed by atoms with E-state index in [-0.39, 0.29) is 0 Å². The van der Waals surface area contributed by atoms with Crippen LogP contribution in [0.4, 0.5) is 0 Å². The summed E-state index contributed by atoms with van der Waals surface area (Å²) in [7, 11) is 0. The van der Waals surface area contributed by atoms with Crippen LogP contribution >= 0.6 is 0 Å². The van der Waals surface area contributed by atoms with E-state index in [1.165, 1.54) is 51.4 Å². The van der Waals surface area contributed by atoms with Gasteiger partial charge in [-0.05, 0) is 66.8 Å². The van der Waals surface area contributed by atoms with Crippen LogP contribution in [0, 0.1) is 22.7 Å². The van der Waals surface area contributed by atoms with Gasteiger partial charge < -0.3 is 0 Å². The first kappa shape index (κ1) is 15.4. The fourth-order valence-corrected chi connectivity index (χ4v) is 5.87. The standard InChI is InChI=1S/C21H34/c1-6-20(4)12-7-13-21(5)18-10-8-16(15(2)3)14-17(18)9-11-19(20)21/h14-15,19H,6-13H2,1-5H3/t19-,20+,21+/m0/s1. The number of fused-ring (bicyclic) bond motifs is 2. The Balaban J connectivity index is 2.00. The fourth-order valence-electron chi connectivity index (χ4n) is 5.87. The van der Waals surface area contributed by atoms with E-state index in [0.29, 0.717) is 10.8 Å². The van der Waals surface area contributed by atoms with Crippen LogP contribution in [-0.2, 0) is 0 Å². The lowest BCUT2D eigenvalue weighted by Crippen LogP contribution is -2.47. The van der Waals surface area contributed by atoms with Crippen molar-refractivity contribution in [3.8, 4) is 0 Å². The van der Waals surface area contributed by atoms with Crippen molar-refractivity contribution in [3.63, 3.8) is 0 Å². The first-order chi connectivity index (χ1) is 9.90. The zero-order valence-electron chi connectivity index (χ0n) is 14.9. The van der Waals surface area contributed by atoms with Gasteiger partial charge >= 0.3 is 0 Å². The highest BCUT2D eigenvalue weighted by Gasteiger charge is 2.51. The molecule has 0 heterocycles. The molecule has 0 amide bonds. The molecule has 0 radical (unpaired) electrons. The van der Waals surface area contributed by atoms with Gasteiger partial charge in [0.25, 0.3) is 0 Å². The molecular formula is C21H34. The average Bonchev–Trinajstić information content (AvgIpc) is 2.46. The van der Waals surface area contributed by atoms with E-state index in [1.807, 2.05) is 5.57 Å². The van der Waals surface area contributed by atoms with E-state index in [2.05, 4.69) is 40.7 Å². The smallest absolute Gasteiger partial charge is 0.00769 e. The van der Waals surface area contributed by atoms with Gasteiger partial charge in [-0.1, -0.05) is 64.7 Å². The molecular weight excluding hydrogens is 252 g/mol. The van der Waals surface area contributed by atoms with Crippen LogP contribution in [-0.4, -0.2) is 0 Å². The Kier molecular flexibility index (Phi) is 3.87. The third-order valence-corrected chi connectivity index (χ3v) is 7.41. The van der Waals surface area contributed by atoms with Crippen LogP contribution < -0.4 is 0 Å². The molecule has 0 aromatic carbocycles. The van der Waals surface area contributed by atoms with Gasteiger partial charge in [-0.3, -0.25) is 0 Å². The second kappa shape index (κ2) is 5.28. The summed E-state index contributed by atoms with van der Waals surface area (Å²) >= 11 is 0. The molecule has 0 heteroatoms. The molecule has 0 aliphatic heterocycles. The van der Waals surface area contributed by atoms with Crippen LogP contribution in [0.2, 0.25) is 0 Å². The Bertz CT molecular complexity index is 478. The highest BCUT2D eigenvalue weighted by molar-refractivity contribution is 5.40. The van der Waals surface area contributed by atoms with Gasteiger partial charge in [-0.15, -0.1) is 0 Å². The van der Waals surface area contributed by atoms with Crippen LogP contribution in [0.3, 0.4) is 0 Å². The van der Waals surface area contributed by atoms with Crippen LogP contribution in [0.1, 0.15) is 86.0 Å². The first-order valence-corrected chi connectivity index (χ1v) is 9.33. The monoisotopic (exact) mass is 286 g/mol. The second-order valence-corrected chi connectivity index (χ2v) is 8.75. The SMILES string of the molecule is CC[C@]1(C)CCC[C@]2(C)C3=C(C=C(C(C)C)CC3)CC[C@@H]12. The van der Waals surface area contributed by atoms with Crippen LogP contribution in [0.15, 0.2) is 22.8 Å². The Hall–Kier alpha value is -0.520. The van der Waals surface area contributed by atoms with Crippen molar-refractivity contribution in [1.29, 1.82) is 0 Å². The first-order valence-electron chi connectivity index (χ1n) is 9.33. The topological polar surface area (TPSA) is 0 Å². The van der Waals surface area contributed by atoms with Gasteiger partial charge in [0, 0.05) is 0 Å². The van der Waals surface area contributed by atoms with Crippen LogP contribution in [0.25, 0.3) is 0 Å². The van der Waals surface area contributed by atoms with Gasteiger partial charge in [-0.2, -0.15) is 0 Å². The molecule has 0 aromatic heterocycles. The minimum absolute atomic E-state index is 0.510.